The predicted octanol–water partition coefficient (Wildman–Crippen LogP) is -0.633. The minimum absolute atomic E-state index is 0.159. The Bertz CT molecular complexity index is 738. The maximum Gasteiger partial charge on any atom is 0.408 e. The lowest BCUT2D eigenvalue weighted by molar-refractivity contribution is -0.156. The molecule has 0 radical (unpaired) electrons. The van der Waals surface area contributed by atoms with E-state index in [2.05, 4.69) is 10.6 Å². The molecule has 2 heterocycles. The quantitative estimate of drug-likeness (QED) is 0.350. The minimum atomic E-state index is -1.31. The maximum atomic E-state index is 13.4. The Labute approximate surface area is 186 Å². The number of carbonyl (C=O) groups is 5. The van der Waals surface area contributed by atoms with Gasteiger partial charge in [0.2, 0.25) is 18.2 Å². The second kappa shape index (κ2) is 10.6. The Morgan fingerprint density at radius 2 is 2.03 bits per heavy atom. The van der Waals surface area contributed by atoms with Crippen molar-refractivity contribution in [2.24, 2.45) is 5.73 Å². The van der Waals surface area contributed by atoms with Crippen LogP contribution in [0.5, 0.6) is 0 Å². The van der Waals surface area contributed by atoms with E-state index >= 15 is 0 Å². The molecule has 5 N–H and O–H groups in total. The third kappa shape index (κ3) is 6.55. The van der Waals surface area contributed by atoms with Gasteiger partial charge >= 0.3 is 12.1 Å². The van der Waals surface area contributed by atoms with Crippen LogP contribution in [-0.4, -0.2) is 88.2 Å². The van der Waals surface area contributed by atoms with Crippen LogP contribution in [0, 0.1) is 0 Å². The number of fused-ring (bicyclic) bond motifs is 1. The van der Waals surface area contributed by atoms with Crippen LogP contribution in [0.3, 0.4) is 0 Å². The van der Waals surface area contributed by atoms with E-state index < -0.39 is 47.7 Å². The first kappa shape index (κ1) is 25.4. The molecule has 12 heteroatoms. The van der Waals surface area contributed by atoms with Gasteiger partial charge in [-0.15, -0.1) is 0 Å². The first-order chi connectivity index (χ1) is 14.9. The van der Waals surface area contributed by atoms with Gasteiger partial charge in [0.15, 0.2) is 0 Å². The van der Waals surface area contributed by atoms with Crippen molar-refractivity contribution in [1.82, 2.24) is 20.4 Å². The smallest absolute Gasteiger partial charge is 0.408 e. The van der Waals surface area contributed by atoms with Crippen LogP contribution in [-0.2, 0) is 23.9 Å². The number of carbonyl (C=O) groups excluding carboxylic acids is 4. The molecule has 32 heavy (non-hydrogen) atoms. The van der Waals surface area contributed by atoms with Gasteiger partial charge < -0.3 is 36.0 Å². The Hall–Kier alpha value is -2.89. The maximum absolute atomic E-state index is 13.4. The molecule has 4 atom stereocenters. The van der Waals surface area contributed by atoms with Crippen LogP contribution in [0.2, 0.25) is 0 Å². The topological polar surface area (TPSA) is 171 Å². The fourth-order valence-corrected chi connectivity index (χ4v) is 4.14. The summed E-state index contributed by atoms with van der Waals surface area (Å²) in [6.45, 7) is 5.87. The normalized spacial score (nSPS) is 24.5. The standard InChI is InChI=1S/C20H33N5O7/c1-20(2,3)32-19(31)23-13-10-22-9-8-12-4-7-16(25(12)17(13)28)24(11-26)14(18(29)30)5-6-15(21)27/h11-14,16,22H,4-10H2,1-3H3,(H2,21,27)(H,23,31)(H,29,30)/t12-,13+,14+,16+/m1/s1. The van der Waals surface area contributed by atoms with Gasteiger partial charge in [0.25, 0.3) is 0 Å². The van der Waals surface area contributed by atoms with Crippen molar-refractivity contribution in [3.05, 3.63) is 0 Å². The highest BCUT2D eigenvalue weighted by Crippen LogP contribution is 2.31. The molecule has 0 unspecified atom stereocenters. The minimum Gasteiger partial charge on any atom is -0.480 e. The number of aliphatic carboxylic acids is 1. The number of hydrogen-bond donors (Lipinski definition) is 4. The fraction of sp³-hybridized carbons (Fsp3) is 0.750. The Morgan fingerprint density at radius 3 is 2.59 bits per heavy atom. The number of hydrogen-bond acceptors (Lipinski definition) is 7. The molecule has 2 fully saturated rings. The van der Waals surface area contributed by atoms with Crippen molar-refractivity contribution in [3.63, 3.8) is 0 Å². The van der Waals surface area contributed by atoms with Crippen LogP contribution in [0.1, 0.15) is 52.9 Å². The van der Waals surface area contributed by atoms with Crippen molar-refractivity contribution in [3.8, 4) is 0 Å². The van der Waals surface area contributed by atoms with E-state index in [-0.39, 0.29) is 25.4 Å². The fourth-order valence-electron chi connectivity index (χ4n) is 4.14. The van der Waals surface area contributed by atoms with Crippen molar-refractivity contribution in [1.29, 1.82) is 0 Å². The zero-order chi connectivity index (χ0) is 24.1. The van der Waals surface area contributed by atoms with Crippen LogP contribution in [0.25, 0.3) is 0 Å². The van der Waals surface area contributed by atoms with E-state index in [4.69, 9.17) is 10.5 Å². The summed E-state index contributed by atoms with van der Waals surface area (Å²) in [6.07, 6.45) is 0.0489. The van der Waals surface area contributed by atoms with Crippen LogP contribution < -0.4 is 16.4 Å². The number of amides is 4. The predicted molar refractivity (Wildman–Crippen MR) is 112 cm³/mol. The van der Waals surface area contributed by atoms with Gasteiger partial charge in [0.1, 0.15) is 23.9 Å². The second-order valence-electron chi connectivity index (χ2n) is 9.06. The number of primary amides is 1. The number of nitrogens with zero attached hydrogens (tertiary/aromatic N) is 2. The van der Waals surface area contributed by atoms with Gasteiger partial charge in [-0.1, -0.05) is 0 Å². The third-order valence-corrected chi connectivity index (χ3v) is 5.49. The number of ether oxygens (including phenoxy) is 1. The molecule has 0 spiro atoms. The first-order valence-corrected chi connectivity index (χ1v) is 10.7. The summed E-state index contributed by atoms with van der Waals surface area (Å²) < 4.78 is 5.26. The number of carboxylic acid groups (broad SMARTS) is 1. The molecule has 2 saturated heterocycles. The summed E-state index contributed by atoms with van der Waals surface area (Å²) in [4.78, 5) is 63.2. The average molecular weight is 456 g/mol. The molecular formula is C20H33N5O7. The third-order valence-electron chi connectivity index (χ3n) is 5.49. The highest BCUT2D eigenvalue weighted by atomic mass is 16.6. The van der Waals surface area contributed by atoms with Gasteiger partial charge in [0, 0.05) is 19.0 Å². The molecule has 0 aromatic heterocycles. The van der Waals surface area contributed by atoms with E-state index in [9.17, 15) is 29.1 Å². The molecule has 12 nitrogen and oxygen atoms in total. The van der Waals surface area contributed by atoms with E-state index in [0.29, 0.717) is 32.2 Å². The second-order valence-corrected chi connectivity index (χ2v) is 9.06. The SMILES string of the molecule is CC(C)(C)OC(=O)N[C@H]1CNCC[C@H]2CC[C@@H](N(C=O)[C@@H](CCC(N)=O)C(=O)O)N2C1=O. The van der Waals surface area contributed by atoms with Crippen LogP contribution in [0.4, 0.5) is 4.79 Å². The summed E-state index contributed by atoms with van der Waals surface area (Å²) in [5, 5.41) is 15.4. The lowest BCUT2D eigenvalue weighted by atomic mass is 10.1. The van der Waals surface area contributed by atoms with Crippen LogP contribution >= 0.6 is 0 Å². The number of nitrogens with two attached hydrogens (primary N) is 1. The van der Waals surface area contributed by atoms with Crippen molar-refractivity contribution in [2.45, 2.75) is 82.8 Å². The molecule has 0 aromatic rings. The molecule has 180 valence electrons. The molecule has 2 aliphatic heterocycles. The Kier molecular flexibility index (Phi) is 8.42. The first-order valence-electron chi connectivity index (χ1n) is 10.7. The van der Waals surface area contributed by atoms with Gasteiger partial charge in [-0.2, -0.15) is 0 Å². The lowest BCUT2D eigenvalue weighted by Gasteiger charge is -2.41. The van der Waals surface area contributed by atoms with Crippen molar-refractivity contribution >= 4 is 30.3 Å². The van der Waals surface area contributed by atoms with E-state index in [1.54, 1.807) is 20.8 Å². The Balaban J connectivity index is 2.26. The zero-order valence-electron chi connectivity index (χ0n) is 18.7. The van der Waals surface area contributed by atoms with Crippen molar-refractivity contribution < 1.29 is 33.8 Å². The summed E-state index contributed by atoms with van der Waals surface area (Å²) in [5.74, 6) is -2.39. The molecule has 0 aromatic carbocycles. The van der Waals surface area contributed by atoms with E-state index in [1.165, 1.54) is 4.90 Å². The number of alkyl carbamates (subject to hydrolysis) is 1. The highest BCUT2D eigenvalue weighted by Gasteiger charge is 2.45. The number of carboxylic acids is 1. The number of rotatable bonds is 8. The van der Waals surface area contributed by atoms with Gasteiger partial charge in [-0.25, -0.2) is 9.59 Å². The lowest BCUT2D eigenvalue weighted by Crippen LogP contribution is -2.62. The zero-order valence-corrected chi connectivity index (χ0v) is 18.7. The number of nitrogens with one attached hydrogen (secondary N) is 2. The van der Waals surface area contributed by atoms with Crippen LogP contribution in [0.15, 0.2) is 0 Å². The van der Waals surface area contributed by atoms with E-state index in [1.807, 2.05) is 0 Å². The van der Waals surface area contributed by atoms with Gasteiger partial charge in [-0.3, -0.25) is 14.4 Å². The highest BCUT2D eigenvalue weighted by molar-refractivity contribution is 5.87. The summed E-state index contributed by atoms with van der Waals surface area (Å²) in [6, 6.07) is -2.48. The largest absolute Gasteiger partial charge is 0.480 e. The monoisotopic (exact) mass is 455 g/mol. The average Bonchev–Trinajstić information content (AvgIpc) is 3.06. The molecular weight excluding hydrogens is 422 g/mol. The molecule has 4 amide bonds. The van der Waals surface area contributed by atoms with E-state index in [0.717, 1.165) is 4.90 Å². The van der Waals surface area contributed by atoms with Gasteiger partial charge in [-0.05, 0) is 53.0 Å². The molecule has 0 aliphatic carbocycles. The molecule has 2 aliphatic rings. The molecule has 2 rings (SSSR count). The molecule has 0 saturated carbocycles. The summed E-state index contributed by atoms with van der Waals surface area (Å²) >= 11 is 0. The van der Waals surface area contributed by atoms with Gasteiger partial charge in [0.05, 0.1) is 0 Å². The molecule has 0 bridgehead atoms. The van der Waals surface area contributed by atoms with Crippen molar-refractivity contribution in [2.75, 3.05) is 13.1 Å². The Morgan fingerprint density at radius 1 is 1.34 bits per heavy atom. The summed E-state index contributed by atoms with van der Waals surface area (Å²) in [7, 11) is 0. The summed E-state index contributed by atoms with van der Waals surface area (Å²) in [5.41, 5.74) is 4.40.